The van der Waals surface area contributed by atoms with Crippen molar-refractivity contribution in [1.29, 1.82) is 0 Å². The van der Waals surface area contributed by atoms with E-state index in [9.17, 15) is 4.79 Å². The second-order valence-corrected chi connectivity index (χ2v) is 8.72. The molecule has 2 amide bonds. The largest absolute Gasteiger partial charge is 1.00 e. The highest BCUT2D eigenvalue weighted by molar-refractivity contribution is 5.89. The first-order valence-electron chi connectivity index (χ1n) is 11.0. The molecule has 4 nitrogen and oxygen atoms in total. The smallest absolute Gasteiger partial charge is 0.322 e. The van der Waals surface area contributed by atoms with Crippen molar-refractivity contribution >= 4 is 11.7 Å². The molecule has 28 heavy (non-hydrogen) atoms. The number of benzene rings is 1. The zero-order valence-corrected chi connectivity index (χ0v) is 20.3. The second-order valence-electron chi connectivity index (χ2n) is 8.72. The number of amides is 2. The van der Waals surface area contributed by atoms with Gasteiger partial charge in [0.25, 0.3) is 0 Å². The van der Waals surface area contributed by atoms with E-state index in [1.165, 1.54) is 56.9 Å². The number of hydrogen-bond donors (Lipinski definition) is 1. The number of carbonyl (C=O) groups is 1. The fourth-order valence-corrected chi connectivity index (χ4v) is 3.63. The van der Waals surface area contributed by atoms with Gasteiger partial charge in [-0.1, -0.05) is 64.0 Å². The predicted octanol–water partition coefficient (Wildman–Crippen LogP) is 2.30. The lowest BCUT2D eigenvalue weighted by molar-refractivity contribution is -0.894. The third-order valence-corrected chi connectivity index (χ3v) is 5.76. The van der Waals surface area contributed by atoms with Crippen molar-refractivity contribution in [2.24, 2.45) is 0 Å². The lowest BCUT2D eigenvalue weighted by Gasteiger charge is -2.38. The van der Waals surface area contributed by atoms with Gasteiger partial charge in [0.2, 0.25) is 0 Å². The van der Waals surface area contributed by atoms with E-state index in [1.54, 1.807) is 0 Å². The first-order valence-corrected chi connectivity index (χ1v) is 11.0. The van der Waals surface area contributed by atoms with Gasteiger partial charge in [0.05, 0.1) is 40.3 Å². The van der Waals surface area contributed by atoms with Gasteiger partial charge in [0.15, 0.2) is 0 Å². The number of urea groups is 1. The maximum Gasteiger partial charge on any atom is 0.322 e. The molecule has 0 saturated carbocycles. The van der Waals surface area contributed by atoms with Crippen molar-refractivity contribution in [3.8, 4) is 0 Å². The number of unbranched alkanes of at least 4 members (excludes halogenated alkanes) is 7. The average Bonchev–Trinajstić information content (AvgIpc) is 2.65. The van der Waals surface area contributed by atoms with Crippen molar-refractivity contribution in [1.82, 2.24) is 4.90 Å². The van der Waals surface area contributed by atoms with Crippen LogP contribution in [0.5, 0.6) is 0 Å². The minimum atomic E-state index is 0. The quantitative estimate of drug-likeness (QED) is 0.298. The summed E-state index contributed by atoms with van der Waals surface area (Å²) in [5.41, 5.74) is 2.27. The molecule has 1 saturated heterocycles. The van der Waals surface area contributed by atoms with E-state index in [0.29, 0.717) is 0 Å². The number of halogens is 1. The fraction of sp³-hybridized carbons (Fsp3) is 0.696. The molecule has 2 rings (SSSR count). The monoisotopic (exact) mass is 501 g/mol. The molecule has 0 spiro atoms. The van der Waals surface area contributed by atoms with E-state index < -0.39 is 0 Å². The maximum atomic E-state index is 12.4. The van der Waals surface area contributed by atoms with Crippen molar-refractivity contribution in [2.45, 2.75) is 64.7 Å². The summed E-state index contributed by atoms with van der Waals surface area (Å²) >= 11 is 0. The number of piperazine rings is 1. The Morgan fingerprint density at radius 2 is 1.46 bits per heavy atom. The van der Waals surface area contributed by atoms with E-state index in [-0.39, 0.29) is 30.0 Å². The summed E-state index contributed by atoms with van der Waals surface area (Å²) in [6.45, 7) is 5.96. The van der Waals surface area contributed by atoms with E-state index >= 15 is 0 Å². The van der Waals surface area contributed by atoms with Crippen molar-refractivity contribution in [2.75, 3.05) is 45.6 Å². The highest BCUT2D eigenvalue weighted by Gasteiger charge is 2.27. The number of nitrogens with zero attached hydrogens (tertiary/aromatic N) is 2. The van der Waals surface area contributed by atoms with Gasteiger partial charge in [-0.15, -0.1) is 0 Å². The Bertz CT molecular complexity index is 549. The molecule has 1 N–H and O–H groups in total. The van der Waals surface area contributed by atoms with Crippen molar-refractivity contribution in [3.63, 3.8) is 0 Å². The van der Waals surface area contributed by atoms with Gasteiger partial charge in [-0.3, -0.25) is 0 Å². The molecule has 160 valence electrons. The molecule has 1 aromatic rings. The molecular formula is C23H40IN3O. The third-order valence-electron chi connectivity index (χ3n) is 5.76. The Labute approximate surface area is 189 Å². The van der Waals surface area contributed by atoms with Crippen LogP contribution < -0.4 is 29.3 Å². The van der Waals surface area contributed by atoms with Gasteiger partial charge >= 0.3 is 6.03 Å². The van der Waals surface area contributed by atoms with Gasteiger partial charge in [-0.2, -0.15) is 0 Å². The molecule has 0 unspecified atom stereocenters. The van der Waals surface area contributed by atoms with Crippen LogP contribution in [-0.2, 0) is 6.42 Å². The molecule has 5 heteroatoms. The number of aryl methyl sites for hydroxylation is 1. The molecule has 0 aliphatic carbocycles. The summed E-state index contributed by atoms with van der Waals surface area (Å²) in [4.78, 5) is 14.3. The molecule has 1 aromatic carbocycles. The van der Waals surface area contributed by atoms with E-state index in [4.69, 9.17) is 0 Å². The molecule has 0 atom stereocenters. The number of anilines is 1. The highest BCUT2D eigenvalue weighted by atomic mass is 127. The number of likely N-dealkylation sites (N-methyl/N-ethyl adjacent to an activating group) is 1. The van der Waals surface area contributed by atoms with Crippen LogP contribution in [0, 0.1) is 0 Å². The average molecular weight is 501 g/mol. The van der Waals surface area contributed by atoms with Crippen LogP contribution in [-0.4, -0.2) is 55.7 Å². The molecule has 1 aliphatic heterocycles. The second kappa shape index (κ2) is 13.4. The first kappa shape index (κ1) is 25.2. The topological polar surface area (TPSA) is 32.3 Å². The minimum absolute atomic E-state index is 0. The summed E-state index contributed by atoms with van der Waals surface area (Å²) in [7, 11) is 4.45. The summed E-state index contributed by atoms with van der Waals surface area (Å²) in [5, 5.41) is 3.05. The number of nitrogens with one attached hydrogen (secondary N) is 1. The lowest BCUT2D eigenvalue weighted by Crippen LogP contribution is -3.00. The van der Waals surface area contributed by atoms with Gasteiger partial charge in [-0.25, -0.2) is 4.79 Å². The summed E-state index contributed by atoms with van der Waals surface area (Å²) < 4.78 is 0.997. The molecule has 1 aliphatic rings. The highest BCUT2D eigenvalue weighted by Crippen LogP contribution is 2.15. The fourth-order valence-electron chi connectivity index (χ4n) is 3.63. The minimum Gasteiger partial charge on any atom is -1.00 e. The van der Waals surface area contributed by atoms with Crippen molar-refractivity contribution in [3.05, 3.63) is 29.8 Å². The Balaban J connectivity index is 0.00000392. The van der Waals surface area contributed by atoms with Crippen LogP contribution in [0.4, 0.5) is 10.5 Å². The normalized spacial score (nSPS) is 15.8. The van der Waals surface area contributed by atoms with Crippen molar-refractivity contribution < 1.29 is 33.3 Å². The zero-order chi connectivity index (χ0) is 19.5. The SMILES string of the molecule is CCCCCCCCCCc1ccc(NC(=O)N2CC[N+](C)(C)CC2)cc1.[I-]. The van der Waals surface area contributed by atoms with Crippen LogP contribution in [0.25, 0.3) is 0 Å². The van der Waals surface area contributed by atoms with E-state index in [2.05, 4.69) is 38.5 Å². The zero-order valence-electron chi connectivity index (χ0n) is 18.2. The van der Waals surface area contributed by atoms with E-state index in [1.807, 2.05) is 17.0 Å². The molecule has 1 fully saturated rings. The molecular weight excluding hydrogens is 461 g/mol. The standard InChI is InChI=1S/C23H39N3O.HI/c1-4-5-6-7-8-9-10-11-12-21-13-15-22(16-14-21)24-23(27)25-17-19-26(2,3)20-18-25;/h13-16H,4-12,17-20H2,1-3H3;1H. The van der Waals surface area contributed by atoms with Gasteiger partial charge < -0.3 is 38.7 Å². The number of rotatable bonds is 10. The number of quaternary nitrogens is 1. The molecule has 0 bridgehead atoms. The Morgan fingerprint density at radius 3 is 2.04 bits per heavy atom. The lowest BCUT2D eigenvalue weighted by atomic mass is 10.0. The Hall–Kier alpha value is -0.820. The molecule has 0 radical (unpaired) electrons. The maximum absolute atomic E-state index is 12.4. The van der Waals surface area contributed by atoms with Crippen LogP contribution in [0.3, 0.4) is 0 Å². The number of hydrogen-bond acceptors (Lipinski definition) is 1. The molecule has 1 heterocycles. The van der Waals surface area contributed by atoms with Crippen LogP contribution in [0.1, 0.15) is 63.9 Å². The van der Waals surface area contributed by atoms with Gasteiger partial charge in [0.1, 0.15) is 0 Å². The van der Waals surface area contributed by atoms with Gasteiger partial charge in [-0.05, 0) is 30.5 Å². The Kier molecular flexibility index (Phi) is 12.1. The molecule has 0 aromatic heterocycles. The predicted molar refractivity (Wildman–Crippen MR) is 115 cm³/mol. The summed E-state index contributed by atoms with van der Waals surface area (Å²) in [6, 6.07) is 8.44. The van der Waals surface area contributed by atoms with Gasteiger partial charge in [0, 0.05) is 5.69 Å². The van der Waals surface area contributed by atoms with Crippen LogP contribution in [0.15, 0.2) is 24.3 Å². The first-order chi connectivity index (χ1) is 13.0. The van der Waals surface area contributed by atoms with Crippen LogP contribution >= 0.6 is 0 Å². The third kappa shape index (κ3) is 9.59. The van der Waals surface area contributed by atoms with Crippen LogP contribution in [0.2, 0.25) is 0 Å². The number of carbonyl (C=O) groups excluding carboxylic acids is 1. The summed E-state index contributed by atoms with van der Waals surface area (Å²) in [5.74, 6) is 0. The van der Waals surface area contributed by atoms with E-state index in [0.717, 1.165) is 42.8 Å². The summed E-state index contributed by atoms with van der Waals surface area (Å²) in [6.07, 6.45) is 12.0. The Morgan fingerprint density at radius 1 is 0.929 bits per heavy atom.